The number of nitrogens with one attached hydrogen (secondary N) is 2. The third-order valence-corrected chi connectivity index (χ3v) is 4.45. The SMILES string of the molecule is Cc1c(Cl)cccc1NC(=S)NC1CCC(C)(C)C1. The lowest BCUT2D eigenvalue weighted by molar-refractivity contribution is 0.372. The van der Waals surface area contributed by atoms with Gasteiger partial charge in [-0.2, -0.15) is 0 Å². The van der Waals surface area contributed by atoms with Crippen LogP contribution in [0.3, 0.4) is 0 Å². The molecule has 0 heterocycles. The number of halogens is 1. The first-order chi connectivity index (χ1) is 8.87. The highest BCUT2D eigenvalue weighted by atomic mass is 35.5. The molecule has 2 rings (SSSR count). The molecular formula is C15H21ClN2S. The maximum atomic E-state index is 6.10. The summed E-state index contributed by atoms with van der Waals surface area (Å²) in [7, 11) is 0. The highest BCUT2D eigenvalue weighted by Gasteiger charge is 2.31. The Hall–Kier alpha value is -0.800. The van der Waals surface area contributed by atoms with E-state index in [0.29, 0.717) is 16.6 Å². The van der Waals surface area contributed by atoms with Crippen LogP contribution < -0.4 is 10.6 Å². The van der Waals surface area contributed by atoms with Gasteiger partial charge in [0.05, 0.1) is 0 Å². The number of anilines is 1. The molecule has 1 fully saturated rings. The van der Waals surface area contributed by atoms with Gasteiger partial charge in [0.25, 0.3) is 0 Å². The summed E-state index contributed by atoms with van der Waals surface area (Å²) in [6, 6.07) is 6.29. The fourth-order valence-electron chi connectivity index (χ4n) is 2.65. The largest absolute Gasteiger partial charge is 0.360 e. The van der Waals surface area contributed by atoms with Gasteiger partial charge in [-0.15, -0.1) is 0 Å². The van der Waals surface area contributed by atoms with Crippen LogP contribution in [0.5, 0.6) is 0 Å². The van der Waals surface area contributed by atoms with Crippen molar-refractivity contribution in [2.45, 2.75) is 46.1 Å². The molecule has 0 amide bonds. The highest BCUT2D eigenvalue weighted by molar-refractivity contribution is 7.80. The van der Waals surface area contributed by atoms with E-state index in [4.69, 9.17) is 23.8 Å². The van der Waals surface area contributed by atoms with Gasteiger partial charge in [-0.25, -0.2) is 0 Å². The summed E-state index contributed by atoms with van der Waals surface area (Å²) in [4.78, 5) is 0. The molecule has 0 spiro atoms. The first-order valence-corrected chi connectivity index (χ1v) is 7.49. The van der Waals surface area contributed by atoms with E-state index in [1.165, 1.54) is 19.3 Å². The molecule has 1 aromatic rings. The second-order valence-corrected chi connectivity index (χ2v) is 6.93. The van der Waals surface area contributed by atoms with Crippen molar-refractivity contribution in [1.29, 1.82) is 0 Å². The molecule has 104 valence electrons. The zero-order chi connectivity index (χ0) is 14.0. The minimum absolute atomic E-state index is 0.430. The van der Waals surface area contributed by atoms with Gasteiger partial charge in [-0.05, 0) is 61.5 Å². The smallest absolute Gasteiger partial charge is 0.171 e. The lowest BCUT2D eigenvalue weighted by Crippen LogP contribution is -2.36. The van der Waals surface area contributed by atoms with E-state index >= 15 is 0 Å². The summed E-state index contributed by atoms with van der Waals surface area (Å²) < 4.78 is 0. The van der Waals surface area contributed by atoms with Gasteiger partial charge in [-0.3, -0.25) is 0 Å². The van der Waals surface area contributed by atoms with E-state index in [0.717, 1.165) is 16.3 Å². The maximum Gasteiger partial charge on any atom is 0.171 e. The quantitative estimate of drug-likeness (QED) is 0.785. The van der Waals surface area contributed by atoms with Crippen LogP contribution in [-0.2, 0) is 0 Å². The number of hydrogen-bond donors (Lipinski definition) is 2. The van der Waals surface area contributed by atoms with Crippen molar-refractivity contribution in [3.8, 4) is 0 Å². The highest BCUT2D eigenvalue weighted by Crippen LogP contribution is 2.36. The normalized spacial score (nSPS) is 21.2. The van der Waals surface area contributed by atoms with Gasteiger partial charge in [0.2, 0.25) is 0 Å². The van der Waals surface area contributed by atoms with Crippen molar-refractivity contribution in [2.24, 2.45) is 5.41 Å². The Kier molecular flexibility index (Phi) is 4.36. The Labute approximate surface area is 125 Å². The van der Waals surface area contributed by atoms with Crippen LogP contribution >= 0.6 is 23.8 Å². The molecule has 1 aliphatic rings. The van der Waals surface area contributed by atoms with E-state index < -0.39 is 0 Å². The Morgan fingerprint density at radius 1 is 1.42 bits per heavy atom. The molecule has 4 heteroatoms. The predicted octanol–water partition coefficient (Wildman–Crippen LogP) is 4.51. The minimum atomic E-state index is 0.430. The van der Waals surface area contributed by atoms with Gasteiger partial charge in [0.1, 0.15) is 0 Å². The molecule has 1 aromatic carbocycles. The van der Waals surface area contributed by atoms with E-state index in [1.54, 1.807) is 0 Å². The van der Waals surface area contributed by atoms with Gasteiger partial charge in [0, 0.05) is 16.8 Å². The summed E-state index contributed by atoms with van der Waals surface area (Å²) in [5, 5.41) is 8.10. The average Bonchev–Trinajstić information content (AvgIpc) is 2.64. The second-order valence-electron chi connectivity index (χ2n) is 6.11. The zero-order valence-electron chi connectivity index (χ0n) is 11.7. The maximum absolute atomic E-state index is 6.10. The van der Waals surface area contributed by atoms with Crippen LogP contribution in [-0.4, -0.2) is 11.2 Å². The zero-order valence-corrected chi connectivity index (χ0v) is 13.3. The second kappa shape index (κ2) is 5.68. The summed E-state index contributed by atoms with van der Waals surface area (Å²) in [6.07, 6.45) is 3.61. The van der Waals surface area contributed by atoms with Crippen molar-refractivity contribution < 1.29 is 0 Å². The molecule has 0 aliphatic heterocycles. The van der Waals surface area contributed by atoms with Crippen LogP contribution in [0.15, 0.2) is 18.2 Å². The van der Waals surface area contributed by atoms with Crippen molar-refractivity contribution in [2.75, 3.05) is 5.32 Å². The van der Waals surface area contributed by atoms with Gasteiger partial charge in [0.15, 0.2) is 5.11 Å². The molecule has 0 radical (unpaired) electrons. The Morgan fingerprint density at radius 3 is 2.79 bits per heavy atom. The van der Waals surface area contributed by atoms with E-state index in [-0.39, 0.29) is 0 Å². The minimum Gasteiger partial charge on any atom is -0.360 e. The first kappa shape index (κ1) is 14.6. The molecule has 1 aliphatic carbocycles. The van der Waals surface area contributed by atoms with Gasteiger partial charge in [-0.1, -0.05) is 31.5 Å². The lowest BCUT2D eigenvalue weighted by atomic mass is 9.92. The molecule has 0 bridgehead atoms. The number of rotatable bonds is 2. The monoisotopic (exact) mass is 296 g/mol. The molecule has 19 heavy (non-hydrogen) atoms. The molecule has 1 saturated carbocycles. The summed E-state index contributed by atoms with van der Waals surface area (Å²) in [6.45, 7) is 6.62. The van der Waals surface area contributed by atoms with Crippen LogP contribution in [0.1, 0.15) is 38.7 Å². The number of thiocarbonyl (C=S) groups is 1. The molecule has 1 unspecified atom stereocenters. The van der Waals surface area contributed by atoms with Crippen molar-refractivity contribution >= 4 is 34.6 Å². The van der Waals surface area contributed by atoms with Crippen LogP contribution in [0, 0.1) is 12.3 Å². The summed E-state index contributed by atoms with van der Waals surface area (Å²) in [5.74, 6) is 0. The molecular weight excluding hydrogens is 276 g/mol. The van der Waals surface area contributed by atoms with E-state index in [2.05, 4.69) is 24.5 Å². The third-order valence-electron chi connectivity index (χ3n) is 3.82. The van der Waals surface area contributed by atoms with Crippen molar-refractivity contribution in [3.05, 3.63) is 28.8 Å². The van der Waals surface area contributed by atoms with Crippen molar-refractivity contribution in [1.82, 2.24) is 5.32 Å². The third kappa shape index (κ3) is 3.83. The van der Waals surface area contributed by atoms with Crippen LogP contribution in [0.4, 0.5) is 5.69 Å². The molecule has 2 nitrogen and oxygen atoms in total. The number of benzene rings is 1. The Morgan fingerprint density at radius 2 is 2.16 bits per heavy atom. The Balaban J connectivity index is 1.93. The standard InChI is InChI=1S/C15H21ClN2S/c1-10-12(16)5-4-6-13(10)18-14(19)17-11-7-8-15(2,3)9-11/h4-6,11H,7-9H2,1-3H3,(H2,17,18,19). The van der Waals surface area contributed by atoms with Gasteiger partial charge >= 0.3 is 0 Å². The number of hydrogen-bond acceptors (Lipinski definition) is 1. The first-order valence-electron chi connectivity index (χ1n) is 6.70. The van der Waals surface area contributed by atoms with Crippen LogP contribution in [0.2, 0.25) is 5.02 Å². The molecule has 0 saturated heterocycles. The molecule has 0 aromatic heterocycles. The average molecular weight is 297 g/mol. The Bertz CT molecular complexity index is 485. The van der Waals surface area contributed by atoms with Crippen LogP contribution in [0.25, 0.3) is 0 Å². The van der Waals surface area contributed by atoms with Gasteiger partial charge < -0.3 is 10.6 Å². The van der Waals surface area contributed by atoms with E-state index in [1.807, 2.05) is 25.1 Å². The topological polar surface area (TPSA) is 24.1 Å². The summed E-state index contributed by atoms with van der Waals surface area (Å²) in [5.41, 5.74) is 2.43. The molecule has 2 N–H and O–H groups in total. The fourth-order valence-corrected chi connectivity index (χ4v) is 3.10. The fraction of sp³-hybridized carbons (Fsp3) is 0.533. The summed E-state index contributed by atoms with van der Waals surface area (Å²) >= 11 is 11.5. The van der Waals surface area contributed by atoms with E-state index in [9.17, 15) is 0 Å². The molecule has 1 atom stereocenters. The van der Waals surface area contributed by atoms with Crippen molar-refractivity contribution in [3.63, 3.8) is 0 Å². The lowest BCUT2D eigenvalue weighted by Gasteiger charge is -2.20. The predicted molar refractivity (Wildman–Crippen MR) is 87.0 cm³/mol.